The maximum atomic E-state index is 11.5. The Balaban J connectivity index is 2.23. The zero-order chi connectivity index (χ0) is 14.1. The highest BCUT2D eigenvalue weighted by molar-refractivity contribution is 6.43. The van der Waals surface area contributed by atoms with Crippen LogP contribution in [0.25, 0.3) is 0 Å². The molecule has 1 rings (SSSR count). The lowest BCUT2D eigenvalue weighted by atomic mass is 10.2. The molecule has 0 saturated carbocycles. The molecule has 3 nitrogen and oxygen atoms in total. The summed E-state index contributed by atoms with van der Waals surface area (Å²) in [5, 5.41) is 7.00. The first-order valence-electron chi connectivity index (χ1n) is 6.59. The van der Waals surface area contributed by atoms with Crippen LogP contribution >= 0.6 is 23.2 Å². The smallest absolute Gasteiger partial charge is 0.221 e. The van der Waals surface area contributed by atoms with Crippen LogP contribution in [0.1, 0.15) is 32.6 Å². The summed E-state index contributed by atoms with van der Waals surface area (Å²) in [7, 11) is 0. The predicted molar refractivity (Wildman–Crippen MR) is 82.1 cm³/mol. The average Bonchev–Trinajstić information content (AvgIpc) is 2.40. The highest BCUT2D eigenvalue weighted by Gasteiger charge is 2.05. The molecule has 0 bridgehead atoms. The Morgan fingerprint density at radius 1 is 1.21 bits per heavy atom. The van der Waals surface area contributed by atoms with Gasteiger partial charge in [0.25, 0.3) is 0 Å². The molecule has 0 spiro atoms. The van der Waals surface area contributed by atoms with Gasteiger partial charge in [-0.25, -0.2) is 0 Å². The molecule has 1 amide bonds. The quantitative estimate of drug-likeness (QED) is 0.710. The summed E-state index contributed by atoms with van der Waals surface area (Å²) in [6.45, 7) is 3.44. The third-order valence-corrected chi connectivity index (χ3v) is 3.54. The van der Waals surface area contributed by atoms with Crippen LogP contribution in [0.5, 0.6) is 0 Å². The van der Waals surface area contributed by atoms with Crippen LogP contribution < -0.4 is 10.6 Å². The number of nitrogens with one attached hydrogen (secondary N) is 2. The zero-order valence-electron chi connectivity index (χ0n) is 11.1. The summed E-state index contributed by atoms with van der Waals surface area (Å²) in [5.41, 5.74) is 0.757. The number of unbranched alkanes of at least 4 members (excludes halogenated alkanes) is 2. The number of benzene rings is 1. The molecule has 19 heavy (non-hydrogen) atoms. The largest absolute Gasteiger partial charge is 0.383 e. The Morgan fingerprint density at radius 2 is 2.00 bits per heavy atom. The fourth-order valence-electron chi connectivity index (χ4n) is 1.64. The number of carbonyl (C=O) groups excluding carboxylic acids is 1. The lowest BCUT2D eigenvalue weighted by Crippen LogP contribution is -2.26. The van der Waals surface area contributed by atoms with Gasteiger partial charge in [-0.2, -0.15) is 0 Å². The maximum Gasteiger partial charge on any atom is 0.221 e. The van der Waals surface area contributed by atoms with Gasteiger partial charge < -0.3 is 10.6 Å². The van der Waals surface area contributed by atoms with Crippen LogP contribution in [0.4, 0.5) is 5.69 Å². The summed E-state index contributed by atoms with van der Waals surface area (Å²) >= 11 is 11.9. The number of hydrogen-bond acceptors (Lipinski definition) is 2. The molecule has 0 heterocycles. The molecule has 5 heteroatoms. The molecule has 106 valence electrons. The lowest BCUT2D eigenvalue weighted by Gasteiger charge is -2.09. The van der Waals surface area contributed by atoms with E-state index in [-0.39, 0.29) is 5.91 Å². The summed E-state index contributed by atoms with van der Waals surface area (Å²) in [4.78, 5) is 11.5. The molecular weight excluding hydrogens is 283 g/mol. The lowest BCUT2D eigenvalue weighted by molar-refractivity contribution is -0.120. The number of amides is 1. The number of halogens is 2. The first kappa shape index (κ1) is 16.1. The van der Waals surface area contributed by atoms with Crippen molar-refractivity contribution in [3.05, 3.63) is 28.2 Å². The van der Waals surface area contributed by atoms with Crippen molar-refractivity contribution < 1.29 is 4.79 Å². The number of anilines is 1. The maximum absolute atomic E-state index is 11.5. The number of rotatable bonds is 8. The van der Waals surface area contributed by atoms with E-state index in [1.165, 1.54) is 0 Å². The van der Waals surface area contributed by atoms with Gasteiger partial charge >= 0.3 is 0 Å². The molecule has 2 N–H and O–H groups in total. The minimum absolute atomic E-state index is 0.0572. The van der Waals surface area contributed by atoms with Crippen LogP contribution in [-0.2, 0) is 4.79 Å². The van der Waals surface area contributed by atoms with E-state index in [2.05, 4.69) is 17.6 Å². The summed E-state index contributed by atoms with van der Waals surface area (Å²) in [6, 6.07) is 5.39. The Morgan fingerprint density at radius 3 is 2.74 bits per heavy atom. The normalized spacial score (nSPS) is 10.3. The molecule has 1 aromatic carbocycles. The van der Waals surface area contributed by atoms with Gasteiger partial charge in [-0.3, -0.25) is 4.79 Å². The molecule has 0 aliphatic heterocycles. The van der Waals surface area contributed by atoms with Crippen LogP contribution in [0.2, 0.25) is 10.0 Å². The minimum Gasteiger partial charge on any atom is -0.383 e. The Kier molecular flexibility index (Phi) is 7.68. The average molecular weight is 303 g/mol. The van der Waals surface area contributed by atoms with E-state index in [1.54, 1.807) is 6.07 Å². The van der Waals surface area contributed by atoms with Crippen molar-refractivity contribution in [3.8, 4) is 0 Å². The molecule has 0 aromatic heterocycles. The van der Waals surface area contributed by atoms with Crippen LogP contribution in [0.3, 0.4) is 0 Å². The summed E-state index contributed by atoms with van der Waals surface area (Å²) in [5.74, 6) is 0.0572. The summed E-state index contributed by atoms with van der Waals surface area (Å²) < 4.78 is 0. The highest BCUT2D eigenvalue weighted by Crippen LogP contribution is 2.29. The highest BCUT2D eigenvalue weighted by atomic mass is 35.5. The van der Waals surface area contributed by atoms with Gasteiger partial charge in [-0.05, 0) is 18.6 Å². The van der Waals surface area contributed by atoms with Gasteiger partial charge in [-0.15, -0.1) is 0 Å². The van der Waals surface area contributed by atoms with Crippen LogP contribution in [0.15, 0.2) is 18.2 Å². The molecule has 0 radical (unpaired) electrons. The van der Waals surface area contributed by atoms with E-state index in [1.807, 2.05) is 12.1 Å². The Labute approximate surface area is 124 Å². The fraction of sp³-hybridized carbons (Fsp3) is 0.500. The van der Waals surface area contributed by atoms with Crippen molar-refractivity contribution in [2.45, 2.75) is 32.6 Å². The van der Waals surface area contributed by atoms with Crippen molar-refractivity contribution in [2.24, 2.45) is 0 Å². The van der Waals surface area contributed by atoms with Gasteiger partial charge in [0.2, 0.25) is 5.91 Å². The van der Waals surface area contributed by atoms with E-state index in [4.69, 9.17) is 23.2 Å². The van der Waals surface area contributed by atoms with Crippen molar-refractivity contribution in [3.63, 3.8) is 0 Å². The van der Waals surface area contributed by atoms with Crippen molar-refractivity contribution >= 4 is 34.8 Å². The first-order valence-corrected chi connectivity index (χ1v) is 7.35. The fourth-order valence-corrected chi connectivity index (χ4v) is 2.01. The number of carbonyl (C=O) groups is 1. The third-order valence-electron chi connectivity index (χ3n) is 2.72. The molecular formula is C14H20Cl2N2O. The molecule has 0 aliphatic rings. The SMILES string of the molecule is CCCCCNC(=O)CCNc1cccc(Cl)c1Cl. The monoisotopic (exact) mass is 302 g/mol. The van der Waals surface area contributed by atoms with Gasteiger partial charge in [0, 0.05) is 19.5 Å². The minimum atomic E-state index is 0.0572. The Hall–Kier alpha value is -0.930. The van der Waals surface area contributed by atoms with Crippen molar-refractivity contribution in [1.29, 1.82) is 0 Å². The van der Waals surface area contributed by atoms with Crippen molar-refractivity contribution in [2.75, 3.05) is 18.4 Å². The Bertz CT molecular complexity index is 410. The molecule has 1 aromatic rings. The molecule has 0 fully saturated rings. The summed E-state index contributed by atoms with van der Waals surface area (Å²) in [6.07, 6.45) is 3.77. The molecule has 0 unspecified atom stereocenters. The second-order valence-electron chi connectivity index (χ2n) is 4.34. The second-order valence-corrected chi connectivity index (χ2v) is 5.12. The van der Waals surface area contributed by atoms with E-state index >= 15 is 0 Å². The number of hydrogen-bond donors (Lipinski definition) is 2. The molecule has 0 aliphatic carbocycles. The van der Waals surface area contributed by atoms with Crippen LogP contribution in [0, 0.1) is 0 Å². The van der Waals surface area contributed by atoms with Gasteiger partial charge in [0.05, 0.1) is 15.7 Å². The van der Waals surface area contributed by atoms with E-state index in [0.717, 1.165) is 31.5 Å². The zero-order valence-corrected chi connectivity index (χ0v) is 12.7. The third kappa shape index (κ3) is 6.17. The second kappa shape index (κ2) is 9.05. The van der Waals surface area contributed by atoms with E-state index in [9.17, 15) is 4.79 Å². The van der Waals surface area contributed by atoms with E-state index in [0.29, 0.717) is 23.0 Å². The standard InChI is InChI=1S/C14H20Cl2N2O/c1-2-3-4-9-18-13(19)8-10-17-12-7-5-6-11(15)14(12)16/h5-7,17H,2-4,8-10H2,1H3,(H,18,19). The molecule has 0 atom stereocenters. The topological polar surface area (TPSA) is 41.1 Å². The predicted octanol–water partition coefficient (Wildman–Crippen LogP) is 4.10. The first-order chi connectivity index (χ1) is 9.15. The van der Waals surface area contributed by atoms with Gasteiger partial charge in [-0.1, -0.05) is 49.0 Å². The van der Waals surface area contributed by atoms with Gasteiger partial charge in [0.15, 0.2) is 0 Å². The van der Waals surface area contributed by atoms with Crippen LogP contribution in [-0.4, -0.2) is 19.0 Å². The van der Waals surface area contributed by atoms with E-state index < -0.39 is 0 Å². The van der Waals surface area contributed by atoms with Gasteiger partial charge in [0.1, 0.15) is 0 Å². The van der Waals surface area contributed by atoms with Crippen molar-refractivity contribution in [1.82, 2.24) is 5.32 Å². The molecule has 0 saturated heterocycles.